The second-order valence-electron chi connectivity index (χ2n) is 3.90. The van der Waals surface area contributed by atoms with E-state index in [-0.39, 0.29) is 11.6 Å². The number of hydrogen-bond donors (Lipinski definition) is 1. The van der Waals surface area contributed by atoms with Gasteiger partial charge in [0.15, 0.2) is 0 Å². The van der Waals surface area contributed by atoms with Gasteiger partial charge in [0.2, 0.25) is 5.88 Å². The lowest BCUT2D eigenvalue weighted by atomic mass is 10.2. The Morgan fingerprint density at radius 2 is 2.10 bits per heavy atom. The summed E-state index contributed by atoms with van der Waals surface area (Å²) < 4.78 is 5.06. The molecule has 0 bridgehead atoms. The van der Waals surface area contributed by atoms with E-state index in [0.717, 1.165) is 17.5 Å². The van der Waals surface area contributed by atoms with Crippen molar-refractivity contribution in [2.45, 2.75) is 10.6 Å². The lowest BCUT2D eigenvalue weighted by Gasteiger charge is -2.04. The lowest BCUT2D eigenvalue weighted by Crippen LogP contribution is -1.92. The van der Waals surface area contributed by atoms with E-state index in [1.807, 2.05) is 24.3 Å². The van der Waals surface area contributed by atoms with Crippen LogP contribution in [0.25, 0.3) is 0 Å². The van der Waals surface area contributed by atoms with Crippen LogP contribution in [0.1, 0.15) is 5.56 Å². The summed E-state index contributed by atoms with van der Waals surface area (Å²) in [6.45, 7) is 0. The van der Waals surface area contributed by atoms with Gasteiger partial charge < -0.3 is 9.84 Å². The molecule has 1 N–H and O–H groups in total. The van der Waals surface area contributed by atoms with Gasteiger partial charge in [-0.3, -0.25) is 10.1 Å². The van der Waals surface area contributed by atoms with Crippen LogP contribution in [-0.2, 0) is 5.75 Å². The van der Waals surface area contributed by atoms with E-state index >= 15 is 0 Å². The van der Waals surface area contributed by atoms with Crippen LogP contribution in [0.5, 0.6) is 11.6 Å². The Hall–Kier alpha value is -2.28. The van der Waals surface area contributed by atoms with Crippen LogP contribution in [0.2, 0.25) is 0 Å². The second kappa shape index (κ2) is 6.25. The van der Waals surface area contributed by atoms with Crippen LogP contribution >= 0.6 is 11.8 Å². The first-order valence-electron chi connectivity index (χ1n) is 5.69. The number of rotatable bonds is 5. The molecule has 7 heteroatoms. The van der Waals surface area contributed by atoms with Crippen molar-refractivity contribution >= 4 is 17.4 Å². The number of aromatic hydroxyl groups is 1. The molecule has 0 radical (unpaired) electrons. The quantitative estimate of drug-likeness (QED) is 0.518. The van der Waals surface area contributed by atoms with Gasteiger partial charge in [0, 0.05) is 11.8 Å². The summed E-state index contributed by atoms with van der Waals surface area (Å²) in [5.74, 6) is 1.08. The Kier molecular flexibility index (Phi) is 4.41. The van der Waals surface area contributed by atoms with Gasteiger partial charge in [0.05, 0.1) is 16.9 Å². The maximum absolute atomic E-state index is 10.9. The molecular formula is C13H12N2O4S. The lowest BCUT2D eigenvalue weighted by molar-refractivity contribution is -0.388. The van der Waals surface area contributed by atoms with Crippen molar-refractivity contribution in [1.82, 2.24) is 4.98 Å². The topological polar surface area (TPSA) is 85.5 Å². The molecule has 2 rings (SSSR count). The van der Waals surface area contributed by atoms with Crippen LogP contribution in [-0.4, -0.2) is 22.1 Å². The molecule has 1 heterocycles. The molecule has 0 atom stereocenters. The standard InChI is InChI=1S/C13H12N2O4S/c1-19-10-4-2-9(3-5-10)8-20-12-6-13(16)14-7-11(12)15(17)18/h2-7H,8H2,1H3,(H,14,16). The minimum absolute atomic E-state index is 0.110. The molecule has 1 aromatic carbocycles. The Labute approximate surface area is 119 Å². The smallest absolute Gasteiger partial charge is 0.301 e. The van der Waals surface area contributed by atoms with Gasteiger partial charge in [-0.25, -0.2) is 4.98 Å². The molecule has 0 amide bonds. The van der Waals surface area contributed by atoms with E-state index < -0.39 is 4.92 Å². The Balaban J connectivity index is 2.13. The minimum atomic E-state index is -0.511. The van der Waals surface area contributed by atoms with E-state index in [9.17, 15) is 15.2 Å². The van der Waals surface area contributed by atoms with Gasteiger partial charge in [0.25, 0.3) is 0 Å². The summed E-state index contributed by atoms with van der Waals surface area (Å²) in [6.07, 6.45) is 1.06. The second-order valence-corrected chi connectivity index (χ2v) is 4.92. The number of nitro groups is 1. The van der Waals surface area contributed by atoms with Crippen molar-refractivity contribution < 1.29 is 14.8 Å². The SMILES string of the molecule is COc1ccc(CSc2cc(O)ncc2[N+](=O)[O-])cc1. The summed E-state index contributed by atoms with van der Waals surface area (Å²) in [7, 11) is 1.59. The number of ether oxygens (including phenoxy) is 1. The van der Waals surface area contributed by atoms with E-state index in [2.05, 4.69) is 4.98 Å². The number of nitrogens with zero attached hydrogens (tertiary/aromatic N) is 2. The average Bonchev–Trinajstić information content (AvgIpc) is 2.45. The first-order valence-corrected chi connectivity index (χ1v) is 6.68. The molecular weight excluding hydrogens is 280 g/mol. The fourth-order valence-electron chi connectivity index (χ4n) is 1.55. The zero-order valence-electron chi connectivity index (χ0n) is 10.6. The molecule has 0 saturated carbocycles. The highest BCUT2D eigenvalue weighted by Crippen LogP contribution is 2.33. The Morgan fingerprint density at radius 1 is 1.40 bits per heavy atom. The van der Waals surface area contributed by atoms with Crippen LogP contribution < -0.4 is 4.74 Å². The summed E-state index contributed by atoms with van der Waals surface area (Å²) >= 11 is 1.27. The zero-order valence-corrected chi connectivity index (χ0v) is 11.5. The largest absolute Gasteiger partial charge is 0.497 e. The molecule has 104 valence electrons. The molecule has 0 spiro atoms. The molecule has 2 aromatic rings. The van der Waals surface area contributed by atoms with E-state index in [4.69, 9.17) is 4.74 Å². The monoisotopic (exact) mass is 292 g/mol. The number of aromatic nitrogens is 1. The van der Waals surface area contributed by atoms with Gasteiger partial charge in [-0.05, 0) is 17.7 Å². The molecule has 0 aliphatic heterocycles. The Bertz CT molecular complexity index is 616. The maximum Gasteiger partial charge on any atom is 0.301 e. The summed E-state index contributed by atoms with van der Waals surface area (Å²) in [5.41, 5.74) is 0.891. The highest BCUT2D eigenvalue weighted by atomic mass is 32.2. The van der Waals surface area contributed by atoms with Crippen LogP contribution in [0.4, 0.5) is 5.69 Å². The first kappa shape index (κ1) is 14.1. The number of pyridine rings is 1. The van der Waals surface area contributed by atoms with Gasteiger partial charge >= 0.3 is 5.69 Å². The van der Waals surface area contributed by atoms with Gasteiger partial charge in [0.1, 0.15) is 11.9 Å². The van der Waals surface area contributed by atoms with Crippen LogP contribution in [0, 0.1) is 10.1 Å². The van der Waals surface area contributed by atoms with Crippen molar-refractivity contribution in [3.63, 3.8) is 0 Å². The molecule has 6 nitrogen and oxygen atoms in total. The van der Waals surface area contributed by atoms with Crippen molar-refractivity contribution in [2.24, 2.45) is 0 Å². The average molecular weight is 292 g/mol. The number of methoxy groups -OCH3 is 1. The van der Waals surface area contributed by atoms with Gasteiger partial charge in [-0.15, -0.1) is 11.8 Å². The zero-order chi connectivity index (χ0) is 14.5. The van der Waals surface area contributed by atoms with Crippen molar-refractivity contribution in [3.8, 4) is 11.6 Å². The van der Waals surface area contributed by atoms with Crippen molar-refractivity contribution in [3.05, 3.63) is 52.2 Å². The fourth-order valence-corrected chi connectivity index (χ4v) is 2.53. The minimum Gasteiger partial charge on any atom is -0.497 e. The Morgan fingerprint density at radius 3 is 2.70 bits per heavy atom. The highest BCUT2D eigenvalue weighted by Gasteiger charge is 2.15. The maximum atomic E-state index is 10.9. The molecule has 0 fully saturated rings. The van der Waals surface area contributed by atoms with Crippen molar-refractivity contribution in [2.75, 3.05) is 7.11 Å². The molecule has 0 saturated heterocycles. The normalized spacial score (nSPS) is 10.2. The first-order chi connectivity index (χ1) is 9.60. The number of hydrogen-bond acceptors (Lipinski definition) is 6. The predicted octanol–water partition coefficient (Wildman–Crippen LogP) is 3.00. The molecule has 20 heavy (non-hydrogen) atoms. The number of benzene rings is 1. The number of thioether (sulfide) groups is 1. The van der Waals surface area contributed by atoms with E-state index in [0.29, 0.717) is 10.6 Å². The van der Waals surface area contributed by atoms with Crippen LogP contribution in [0.15, 0.2) is 41.4 Å². The van der Waals surface area contributed by atoms with Gasteiger partial charge in [-0.2, -0.15) is 0 Å². The summed E-state index contributed by atoms with van der Waals surface area (Å²) in [4.78, 5) is 14.3. The third-order valence-corrected chi connectivity index (χ3v) is 3.70. The molecule has 0 aliphatic carbocycles. The van der Waals surface area contributed by atoms with E-state index in [1.54, 1.807) is 7.11 Å². The van der Waals surface area contributed by atoms with E-state index in [1.165, 1.54) is 17.8 Å². The summed E-state index contributed by atoms with van der Waals surface area (Å²) in [5, 5.41) is 20.2. The molecule has 0 aliphatic rings. The highest BCUT2D eigenvalue weighted by molar-refractivity contribution is 7.98. The third kappa shape index (κ3) is 3.39. The van der Waals surface area contributed by atoms with Gasteiger partial charge in [-0.1, -0.05) is 12.1 Å². The van der Waals surface area contributed by atoms with Crippen molar-refractivity contribution in [1.29, 1.82) is 0 Å². The molecule has 0 unspecified atom stereocenters. The summed E-state index contributed by atoms with van der Waals surface area (Å²) in [6, 6.07) is 8.73. The predicted molar refractivity (Wildman–Crippen MR) is 75.1 cm³/mol. The fraction of sp³-hybridized carbons (Fsp3) is 0.154. The van der Waals surface area contributed by atoms with Crippen LogP contribution in [0.3, 0.4) is 0 Å². The molecule has 1 aromatic heterocycles. The third-order valence-electron chi connectivity index (χ3n) is 2.58.